The number of aryl methyl sites for hydroxylation is 1. The van der Waals surface area contributed by atoms with E-state index in [1.54, 1.807) is 0 Å². The molecule has 0 saturated carbocycles. The van der Waals surface area contributed by atoms with E-state index < -0.39 is 0 Å². The smallest absolute Gasteiger partial charge is 0.0546 e. The number of hydrogen-bond donors (Lipinski definition) is 1. The summed E-state index contributed by atoms with van der Waals surface area (Å²) in [5, 5.41) is 0. The quantitative estimate of drug-likeness (QED) is 0.884. The van der Waals surface area contributed by atoms with Crippen molar-refractivity contribution >= 4 is 0 Å². The summed E-state index contributed by atoms with van der Waals surface area (Å²) in [6, 6.07) is 8.71. The molecule has 1 unspecified atom stereocenters. The lowest BCUT2D eigenvalue weighted by atomic mass is 9.82. The van der Waals surface area contributed by atoms with E-state index in [9.17, 15) is 0 Å². The van der Waals surface area contributed by atoms with Crippen LogP contribution in [-0.4, -0.2) is 38.3 Å². The minimum atomic E-state index is 0.150. The van der Waals surface area contributed by atoms with E-state index in [0.29, 0.717) is 6.54 Å². The van der Waals surface area contributed by atoms with Crippen LogP contribution in [0.5, 0.6) is 0 Å². The van der Waals surface area contributed by atoms with Gasteiger partial charge >= 0.3 is 0 Å². The van der Waals surface area contributed by atoms with Crippen molar-refractivity contribution in [2.45, 2.75) is 26.3 Å². The molecule has 0 bridgehead atoms. The molecular weight excluding hydrogens is 236 g/mol. The van der Waals surface area contributed by atoms with Crippen LogP contribution < -0.4 is 5.73 Å². The van der Waals surface area contributed by atoms with E-state index in [4.69, 9.17) is 10.5 Å². The van der Waals surface area contributed by atoms with Crippen molar-refractivity contribution in [3.63, 3.8) is 0 Å². The molecule has 1 aliphatic heterocycles. The van der Waals surface area contributed by atoms with Gasteiger partial charge in [0, 0.05) is 31.7 Å². The van der Waals surface area contributed by atoms with Gasteiger partial charge in [-0.15, -0.1) is 0 Å². The molecule has 1 fully saturated rings. The standard InChI is InChI=1S/C16H26N2O/c1-14-5-3-6-15(9-14)10-18(2)12-16(11-17)7-4-8-19-13-16/h3,5-6,9H,4,7-8,10-13,17H2,1-2H3. The third-order valence-electron chi connectivity index (χ3n) is 3.98. The summed E-state index contributed by atoms with van der Waals surface area (Å²) in [6.07, 6.45) is 2.32. The molecule has 2 N–H and O–H groups in total. The van der Waals surface area contributed by atoms with Crippen LogP contribution in [0, 0.1) is 12.3 Å². The number of nitrogens with zero attached hydrogens (tertiary/aromatic N) is 1. The van der Waals surface area contributed by atoms with Crippen LogP contribution >= 0.6 is 0 Å². The van der Waals surface area contributed by atoms with Gasteiger partial charge in [0.05, 0.1) is 6.61 Å². The van der Waals surface area contributed by atoms with Gasteiger partial charge in [0.1, 0.15) is 0 Å². The van der Waals surface area contributed by atoms with Crippen molar-refractivity contribution < 1.29 is 4.74 Å². The maximum Gasteiger partial charge on any atom is 0.0546 e. The highest BCUT2D eigenvalue weighted by atomic mass is 16.5. The van der Waals surface area contributed by atoms with Crippen molar-refractivity contribution in [3.8, 4) is 0 Å². The van der Waals surface area contributed by atoms with Gasteiger partial charge in [-0.3, -0.25) is 0 Å². The van der Waals surface area contributed by atoms with Gasteiger partial charge in [-0.2, -0.15) is 0 Å². The Kier molecular flexibility index (Phi) is 4.97. The number of benzene rings is 1. The molecule has 1 aromatic rings. The molecule has 1 atom stereocenters. The zero-order valence-electron chi connectivity index (χ0n) is 12.2. The normalized spacial score (nSPS) is 23.8. The molecule has 0 radical (unpaired) electrons. The fraction of sp³-hybridized carbons (Fsp3) is 0.625. The lowest BCUT2D eigenvalue weighted by Crippen LogP contribution is -2.46. The molecule has 1 heterocycles. The van der Waals surface area contributed by atoms with Crippen molar-refractivity contribution in [2.24, 2.45) is 11.1 Å². The average Bonchev–Trinajstić information content (AvgIpc) is 2.39. The molecule has 0 aliphatic carbocycles. The van der Waals surface area contributed by atoms with Crippen molar-refractivity contribution in [2.75, 3.05) is 33.4 Å². The lowest BCUT2D eigenvalue weighted by molar-refractivity contribution is -0.0192. The number of hydrogen-bond acceptors (Lipinski definition) is 3. The van der Waals surface area contributed by atoms with Gasteiger partial charge in [-0.1, -0.05) is 29.8 Å². The van der Waals surface area contributed by atoms with Gasteiger partial charge in [-0.25, -0.2) is 0 Å². The van der Waals surface area contributed by atoms with Gasteiger partial charge in [0.25, 0.3) is 0 Å². The first kappa shape index (κ1) is 14.5. The number of rotatable bonds is 5. The second-order valence-corrected chi connectivity index (χ2v) is 6.02. The summed E-state index contributed by atoms with van der Waals surface area (Å²) >= 11 is 0. The molecule has 1 aromatic carbocycles. The Morgan fingerprint density at radius 3 is 2.89 bits per heavy atom. The second-order valence-electron chi connectivity index (χ2n) is 6.02. The van der Waals surface area contributed by atoms with Gasteiger partial charge in [0.2, 0.25) is 0 Å². The Balaban J connectivity index is 1.94. The van der Waals surface area contributed by atoms with Crippen molar-refractivity contribution in [3.05, 3.63) is 35.4 Å². The Hall–Kier alpha value is -0.900. The van der Waals surface area contributed by atoms with Gasteiger partial charge in [0.15, 0.2) is 0 Å². The molecule has 3 heteroatoms. The Bertz CT molecular complexity index is 399. The summed E-state index contributed by atoms with van der Waals surface area (Å²) in [7, 11) is 2.17. The van der Waals surface area contributed by atoms with Crippen LogP contribution in [0.25, 0.3) is 0 Å². The minimum Gasteiger partial charge on any atom is -0.381 e. The number of nitrogens with two attached hydrogens (primary N) is 1. The first-order valence-corrected chi connectivity index (χ1v) is 7.15. The van der Waals surface area contributed by atoms with Gasteiger partial charge < -0.3 is 15.4 Å². The monoisotopic (exact) mass is 262 g/mol. The van der Waals surface area contributed by atoms with E-state index in [1.165, 1.54) is 17.5 Å². The first-order valence-electron chi connectivity index (χ1n) is 7.15. The molecule has 1 aliphatic rings. The van der Waals surface area contributed by atoms with E-state index in [1.807, 2.05) is 0 Å². The molecule has 19 heavy (non-hydrogen) atoms. The highest BCUT2D eigenvalue weighted by molar-refractivity contribution is 5.22. The summed E-state index contributed by atoms with van der Waals surface area (Å²) in [6.45, 7) is 6.54. The molecule has 1 saturated heterocycles. The van der Waals surface area contributed by atoms with E-state index >= 15 is 0 Å². The molecule has 106 valence electrons. The zero-order valence-corrected chi connectivity index (χ0v) is 12.2. The number of ether oxygens (including phenoxy) is 1. The zero-order chi connectivity index (χ0) is 13.7. The van der Waals surface area contributed by atoms with Crippen LogP contribution in [0.15, 0.2) is 24.3 Å². The largest absolute Gasteiger partial charge is 0.381 e. The van der Waals surface area contributed by atoms with Crippen LogP contribution in [0.2, 0.25) is 0 Å². The molecule has 2 rings (SSSR count). The predicted octanol–water partition coefficient (Wildman–Crippen LogP) is 2.18. The molecular formula is C16H26N2O. The Morgan fingerprint density at radius 2 is 2.26 bits per heavy atom. The van der Waals surface area contributed by atoms with E-state index in [0.717, 1.165) is 32.7 Å². The van der Waals surface area contributed by atoms with Gasteiger partial charge in [-0.05, 0) is 32.4 Å². The van der Waals surface area contributed by atoms with E-state index in [-0.39, 0.29) is 5.41 Å². The fourth-order valence-corrected chi connectivity index (χ4v) is 3.01. The highest BCUT2D eigenvalue weighted by Gasteiger charge is 2.32. The second kappa shape index (κ2) is 6.51. The van der Waals surface area contributed by atoms with Crippen LogP contribution in [-0.2, 0) is 11.3 Å². The Morgan fingerprint density at radius 1 is 1.42 bits per heavy atom. The first-order chi connectivity index (χ1) is 9.13. The molecule has 0 amide bonds. The fourth-order valence-electron chi connectivity index (χ4n) is 3.01. The van der Waals surface area contributed by atoms with Crippen LogP contribution in [0.4, 0.5) is 0 Å². The molecule has 3 nitrogen and oxygen atoms in total. The third-order valence-corrected chi connectivity index (χ3v) is 3.98. The average molecular weight is 262 g/mol. The van der Waals surface area contributed by atoms with Crippen LogP contribution in [0.1, 0.15) is 24.0 Å². The summed E-state index contributed by atoms with van der Waals surface area (Å²) in [4.78, 5) is 2.37. The highest BCUT2D eigenvalue weighted by Crippen LogP contribution is 2.28. The minimum absolute atomic E-state index is 0.150. The predicted molar refractivity (Wildman–Crippen MR) is 79.1 cm³/mol. The Labute approximate surface area is 116 Å². The lowest BCUT2D eigenvalue weighted by Gasteiger charge is -2.39. The SMILES string of the molecule is Cc1cccc(CN(C)CC2(CN)CCCOC2)c1. The molecule has 0 spiro atoms. The molecule has 0 aromatic heterocycles. The third kappa shape index (κ3) is 4.03. The van der Waals surface area contributed by atoms with Crippen LogP contribution in [0.3, 0.4) is 0 Å². The van der Waals surface area contributed by atoms with Crippen molar-refractivity contribution in [1.29, 1.82) is 0 Å². The van der Waals surface area contributed by atoms with Crippen molar-refractivity contribution in [1.82, 2.24) is 4.90 Å². The summed E-state index contributed by atoms with van der Waals surface area (Å²) in [5.41, 5.74) is 8.83. The summed E-state index contributed by atoms with van der Waals surface area (Å²) < 4.78 is 5.64. The van der Waals surface area contributed by atoms with E-state index in [2.05, 4.69) is 43.1 Å². The summed E-state index contributed by atoms with van der Waals surface area (Å²) in [5.74, 6) is 0. The maximum absolute atomic E-state index is 6.00. The topological polar surface area (TPSA) is 38.5 Å². The maximum atomic E-state index is 6.00.